The minimum atomic E-state index is -3.19. The number of nitrogens with zero attached hydrogens (tertiary/aromatic N) is 1. The number of sulfonamides is 1. The predicted octanol–water partition coefficient (Wildman–Crippen LogP) is 2.92. The second-order valence-corrected chi connectivity index (χ2v) is 9.86. The van der Waals surface area contributed by atoms with Crippen LogP contribution in [0.25, 0.3) is 0 Å². The zero-order valence-corrected chi connectivity index (χ0v) is 18.5. The number of hydrogen-bond acceptors (Lipinski definition) is 5. The fourth-order valence-electron chi connectivity index (χ4n) is 4.10. The molecule has 2 heterocycles. The van der Waals surface area contributed by atoms with E-state index in [0.717, 1.165) is 54.7 Å². The topological polar surface area (TPSA) is 84.9 Å². The highest BCUT2D eigenvalue weighted by Gasteiger charge is 2.31. The quantitative estimate of drug-likeness (QED) is 0.741. The minimum absolute atomic E-state index is 0.00965. The lowest BCUT2D eigenvalue weighted by Gasteiger charge is -2.26. The van der Waals surface area contributed by atoms with Gasteiger partial charge < -0.3 is 14.4 Å². The Morgan fingerprint density at radius 1 is 1.06 bits per heavy atom. The number of fused-ring (bicyclic) bond motifs is 1. The highest BCUT2D eigenvalue weighted by Crippen LogP contribution is 2.38. The van der Waals surface area contributed by atoms with Crippen molar-refractivity contribution in [1.82, 2.24) is 9.62 Å². The van der Waals surface area contributed by atoms with Crippen LogP contribution < -0.4 is 14.2 Å². The van der Waals surface area contributed by atoms with Crippen molar-refractivity contribution in [3.05, 3.63) is 59.2 Å². The van der Waals surface area contributed by atoms with Gasteiger partial charge in [0, 0.05) is 25.1 Å². The zero-order valence-electron chi connectivity index (χ0n) is 17.7. The number of likely N-dealkylation sites (tertiary alicyclic amines) is 1. The van der Waals surface area contributed by atoms with Gasteiger partial charge in [0.05, 0.1) is 25.5 Å². The van der Waals surface area contributed by atoms with Gasteiger partial charge in [-0.3, -0.25) is 4.79 Å². The average Bonchev–Trinajstić information content (AvgIpc) is 3.11. The van der Waals surface area contributed by atoms with Crippen LogP contribution in [-0.2, 0) is 16.4 Å². The number of hydrogen-bond donors (Lipinski definition) is 1. The van der Waals surface area contributed by atoms with Crippen molar-refractivity contribution in [2.45, 2.75) is 31.7 Å². The van der Waals surface area contributed by atoms with E-state index in [4.69, 9.17) is 9.47 Å². The molecule has 0 aliphatic carbocycles. The molecule has 7 nitrogen and oxygen atoms in total. The third-order valence-corrected chi connectivity index (χ3v) is 6.38. The first-order valence-electron chi connectivity index (χ1n) is 10.6. The Labute approximate surface area is 183 Å². The normalized spacial score (nSPS) is 18.6. The van der Waals surface area contributed by atoms with Crippen LogP contribution in [-0.4, -0.2) is 51.8 Å². The molecule has 166 valence electrons. The maximum Gasteiger partial charge on any atom is 0.254 e. The molecule has 0 unspecified atom stereocenters. The van der Waals surface area contributed by atoms with E-state index in [1.54, 1.807) is 0 Å². The number of ether oxygens (including phenoxy) is 2. The first-order chi connectivity index (χ1) is 14.9. The molecule has 2 aliphatic heterocycles. The molecule has 2 aliphatic rings. The minimum Gasteiger partial charge on any atom is -0.490 e. The molecule has 1 atom stereocenters. The summed E-state index contributed by atoms with van der Waals surface area (Å²) < 4.78 is 36.4. The van der Waals surface area contributed by atoms with Gasteiger partial charge in [0.1, 0.15) is 0 Å². The van der Waals surface area contributed by atoms with E-state index in [9.17, 15) is 13.2 Å². The highest BCUT2D eigenvalue weighted by atomic mass is 32.2. The summed E-state index contributed by atoms with van der Waals surface area (Å²) in [5, 5.41) is 0. The molecule has 31 heavy (non-hydrogen) atoms. The van der Waals surface area contributed by atoms with Gasteiger partial charge in [0.25, 0.3) is 5.91 Å². The van der Waals surface area contributed by atoms with Crippen LogP contribution in [0.3, 0.4) is 0 Å². The first-order valence-corrected chi connectivity index (χ1v) is 12.5. The summed E-state index contributed by atoms with van der Waals surface area (Å²) in [6.07, 6.45) is 4.45. The SMILES string of the molecule is CS(=O)(=O)NCCc1ccc(C(=O)N2CCC[C@H]2c2ccc3c(c2)OCCCO3)cc1. The molecular formula is C23H28N2O5S. The Morgan fingerprint density at radius 3 is 2.55 bits per heavy atom. The van der Waals surface area contributed by atoms with Crippen LogP contribution in [0.15, 0.2) is 42.5 Å². The Bertz CT molecular complexity index is 1040. The fraction of sp³-hybridized carbons (Fsp3) is 0.435. The summed E-state index contributed by atoms with van der Waals surface area (Å²) in [5.74, 6) is 1.52. The van der Waals surface area contributed by atoms with Crippen molar-refractivity contribution in [3.8, 4) is 11.5 Å². The monoisotopic (exact) mass is 444 g/mol. The summed E-state index contributed by atoms with van der Waals surface area (Å²) in [5.41, 5.74) is 2.69. The molecule has 1 fully saturated rings. The van der Waals surface area contributed by atoms with Gasteiger partial charge >= 0.3 is 0 Å². The number of nitrogens with one attached hydrogen (secondary N) is 1. The van der Waals surface area contributed by atoms with Gasteiger partial charge in [-0.2, -0.15) is 0 Å². The van der Waals surface area contributed by atoms with E-state index in [0.29, 0.717) is 31.7 Å². The summed E-state index contributed by atoms with van der Waals surface area (Å²) in [4.78, 5) is 15.1. The standard InChI is InChI=1S/C23H28N2O5S/c1-31(27,28)24-12-11-17-5-7-18(8-6-17)23(26)25-13-2-4-20(25)19-9-10-21-22(16-19)30-15-3-14-29-21/h5-10,16,20,24H,2-4,11-15H2,1H3/t20-/m0/s1. The van der Waals surface area contributed by atoms with Crippen LogP contribution >= 0.6 is 0 Å². The van der Waals surface area contributed by atoms with Crippen LogP contribution in [0, 0.1) is 0 Å². The largest absolute Gasteiger partial charge is 0.490 e. The third-order valence-electron chi connectivity index (χ3n) is 5.65. The Morgan fingerprint density at radius 2 is 1.81 bits per heavy atom. The second kappa shape index (κ2) is 9.28. The molecule has 1 N–H and O–H groups in total. The van der Waals surface area contributed by atoms with E-state index in [2.05, 4.69) is 4.72 Å². The van der Waals surface area contributed by atoms with Gasteiger partial charge in [-0.1, -0.05) is 18.2 Å². The molecule has 0 saturated carbocycles. The molecule has 0 spiro atoms. The van der Waals surface area contributed by atoms with Crippen molar-refractivity contribution >= 4 is 15.9 Å². The molecule has 1 amide bonds. The average molecular weight is 445 g/mol. The van der Waals surface area contributed by atoms with Crippen molar-refractivity contribution in [1.29, 1.82) is 0 Å². The Balaban J connectivity index is 1.45. The summed E-state index contributed by atoms with van der Waals surface area (Å²) in [7, 11) is -3.19. The molecule has 1 saturated heterocycles. The lowest BCUT2D eigenvalue weighted by Crippen LogP contribution is -2.30. The van der Waals surface area contributed by atoms with Crippen LogP contribution in [0.1, 0.15) is 46.8 Å². The number of amides is 1. The maximum absolute atomic E-state index is 13.2. The lowest BCUT2D eigenvalue weighted by atomic mass is 10.0. The van der Waals surface area contributed by atoms with E-state index < -0.39 is 10.0 Å². The first kappa shape index (κ1) is 21.6. The highest BCUT2D eigenvalue weighted by molar-refractivity contribution is 7.88. The summed E-state index contributed by atoms with van der Waals surface area (Å²) in [6.45, 7) is 2.35. The molecule has 0 radical (unpaired) electrons. The molecular weight excluding hydrogens is 416 g/mol. The molecule has 0 bridgehead atoms. The van der Waals surface area contributed by atoms with Gasteiger partial charge in [-0.25, -0.2) is 13.1 Å². The Hall–Kier alpha value is -2.58. The predicted molar refractivity (Wildman–Crippen MR) is 118 cm³/mol. The van der Waals surface area contributed by atoms with E-state index >= 15 is 0 Å². The Kier molecular flexibility index (Phi) is 6.48. The number of carbonyl (C=O) groups excluding carboxylic acids is 1. The zero-order chi connectivity index (χ0) is 21.8. The smallest absolute Gasteiger partial charge is 0.254 e. The number of rotatable bonds is 6. The molecule has 2 aromatic carbocycles. The van der Waals surface area contributed by atoms with Crippen molar-refractivity contribution < 1.29 is 22.7 Å². The summed E-state index contributed by atoms with van der Waals surface area (Å²) in [6, 6.07) is 13.4. The van der Waals surface area contributed by atoms with Crippen LogP contribution in [0.2, 0.25) is 0 Å². The van der Waals surface area contributed by atoms with Crippen LogP contribution in [0.5, 0.6) is 11.5 Å². The second-order valence-electron chi connectivity index (χ2n) is 8.03. The van der Waals surface area contributed by atoms with Gasteiger partial charge in [-0.05, 0) is 54.7 Å². The van der Waals surface area contributed by atoms with Crippen LogP contribution in [0.4, 0.5) is 0 Å². The number of carbonyl (C=O) groups is 1. The van der Waals surface area contributed by atoms with Gasteiger partial charge in [-0.15, -0.1) is 0 Å². The fourth-order valence-corrected chi connectivity index (χ4v) is 4.58. The van der Waals surface area contributed by atoms with E-state index in [-0.39, 0.29) is 11.9 Å². The van der Waals surface area contributed by atoms with E-state index in [1.807, 2.05) is 47.4 Å². The molecule has 2 aromatic rings. The molecule has 8 heteroatoms. The van der Waals surface area contributed by atoms with Crippen molar-refractivity contribution in [2.24, 2.45) is 0 Å². The van der Waals surface area contributed by atoms with Crippen molar-refractivity contribution in [2.75, 3.05) is 32.6 Å². The van der Waals surface area contributed by atoms with Crippen molar-refractivity contribution in [3.63, 3.8) is 0 Å². The maximum atomic E-state index is 13.2. The lowest BCUT2D eigenvalue weighted by molar-refractivity contribution is 0.0735. The van der Waals surface area contributed by atoms with Gasteiger partial charge in [0.15, 0.2) is 11.5 Å². The molecule has 4 rings (SSSR count). The number of benzene rings is 2. The van der Waals surface area contributed by atoms with Gasteiger partial charge in [0.2, 0.25) is 10.0 Å². The van der Waals surface area contributed by atoms with E-state index in [1.165, 1.54) is 0 Å². The third kappa shape index (κ3) is 5.37. The summed E-state index contributed by atoms with van der Waals surface area (Å²) >= 11 is 0. The molecule has 0 aromatic heterocycles.